The van der Waals surface area contributed by atoms with Crippen LogP contribution in [-0.4, -0.2) is 41.5 Å². The molecule has 1 aromatic carbocycles. The minimum Gasteiger partial charge on any atom is -0.387 e. The summed E-state index contributed by atoms with van der Waals surface area (Å²) in [6.45, 7) is 1.94. The van der Waals surface area contributed by atoms with Gasteiger partial charge in [0.25, 0.3) is 0 Å². The average Bonchev–Trinajstić information content (AvgIpc) is 3.02. The first kappa shape index (κ1) is 14.6. The molecule has 0 aliphatic carbocycles. The molecule has 2 aliphatic rings. The van der Waals surface area contributed by atoms with Crippen LogP contribution in [0.1, 0.15) is 17.5 Å². The van der Waals surface area contributed by atoms with Crippen molar-refractivity contribution >= 4 is 40.7 Å². The third-order valence-corrected chi connectivity index (χ3v) is 5.28. The van der Waals surface area contributed by atoms with E-state index in [2.05, 4.69) is 5.32 Å². The van der Waals surface area contributed by atoms with Crippen LogP contribution < -0.4 is 5.32 Å². The van der Waals surface area contributed by atoms with E-state index in [0.29, 0.717) is 28.7 Å². The molecule has 0 saturated carbocycles. The fourth-order valence-electron chi connectivity index (χ4n) is 3.17. The summed E-state index contributed by atoms with van der Waals surface area (Å²) in [6, 6.07) is 1.71. The Morgan fingerprint density at radius 3 is 2.90 bits per heavy atom. The van der Waals surface area contributed by atoms with Gasteiger partial charge in [0.2, 0.25) is 11.8 Å². The maximum atomic E-state index is 12.5. The molecule has 21 heavy (non-hydrogen) atoms. The van der Waals surface area contributed by atoms with Crippen LogP contribution in [0.4, 0.5) is 5.69 Å². The Morgan fingerprint density at radius 1 is 1.52 bits per heavy atom. The molecule has 2 aliphatic heterocycles. The Labute approximate surface area is 131 Å². The van der Waals surface area contributed by atoms with Crippen LogP contribution >= 0.6 is 23.2 Å². The van der Waals surface area contributed by atoms with E-state index in [0.717, 1.165) is 11.1 Å². The van der Waals surface area contributed by atoms with Gasteiger partial charge < -0.3 is 15.3 Å². The summed E-state index contributed by atoms with van der Waals surface area (Å²) in [6.07, 6.45) is 0.509. The summed E-state index contributed by atoms with van der Waals surface area (Å²) in [4.78, 5) is 25.7. The fraction of sp³-hybridized carbons (Fsp3) is 0.429. The predicted octanol–water partition coefficient (Wildman–Crippen LogP) is 1.72. The van der Waals surface area contributed by atoms with Crippen molar-refractivity contribution in [2.75, 3.05) is 25.0 Å². The lowest BCUT2D eigenvalue weighted by molar-refractivity contribution is -0.133. The molecule has 1 saturated heterocycles. The smallest absolute Gasteiger partial charge is 0.248 e. The molecule has 1 spiro atoms. The molecule has 1 atom stereocenters. The molecule has 2 heterocycles. The van der Waals surface area contributed by atoms with Crippen molar-refractivity contribution in [3.05, 3.63) is 27.2 Å². The van der Waals surface area contributed by atoms with Gasteiger partial charge >= 0.3 is 0 Å². The number of benzene rings is 1. The second kappa shape index (κ2) is 4.87. The van der Waals surface area contributed by atoms with E-state index in [4.69, 9.17) is 28.3 Å². The minimum absolute atomic E-state index is 0.146. The number of aliphatic hydroxyl groups is 1. The summed E-state index contributed by atoms with van der Waals surface area (Å²) in [7, 11) is 0. The predicted molar refractivity (Wildman–Crippen MR) is 79.8 cm³/mol. The van der Waals surface area contributed by atoms with Gasteiger partial charge in [-0.1, -0.05) is 23.2 Å². The number of hydrogen-bond acceptors (Lipinski definition) is 3. The second-order valence-electron chi connectivity index (χ2n) is 5.48. The number of hydrogen-bond donors (Lipinski definition) is 2. The first-order valence-electron chi connectivity index (χ1n) is 6.60. The molecule has 7 heteroatoms. The van der Waals surface area contributed by atoms with Gasteiger partial charge in [-0.05, 0) is 30.5 Å². The number of carbonyl (C=O) groups excluding carboxylic acids is 2. The Hall–Kier alpha value is -1.30. The van der Waals surface area contributed by atoms with Crippen molar-refractivity contribution in [3.63, 3.8) is 0 Å². The number of anilines is 1. The lowest BCUT2D eigenvalue weighted by Gasteiger charge is -2.22. The third kappa shape index (κ3) is 1.95. The minimum atomic E-state index is -0.793. The number of carbonyl (C=O) groups is 2. The van der Waals surface area contributed by atoms with Crippen molar-refractivity contribution in [2.24, 2.45) is 0 Å². The number of halogens is 2. The molecule has 1 fully saturated rings. The number of fused-ring (bicyclic) bond motifs is 2. The molecule has 112 valence electrons. The first-order chi connectivity index (χ1) is 9.90. The second-order valence-corrected chi connectivity index (χ2v) is 6.26. The summed E-state index contributed by atoms with van der Waals surface area (Å²) in [5, 5.41) is 12.7. The molecule has 2 amide bonds. The lowest BCUT2D eigenvalue weighted by atomic mass is 9.80. The number of aliphatic hydroxyl groups excluding tert-OH is 1. The van der Waals surface area contributed by atoms with Crippen LogP contribution in [-0.2, 0) is 15.0 Å². The number of amides is 2. The van der Waals surface area contributed by atoms with E-state index in [1.54, 1.807) is 13.0 Å². The topological polar surface area (TPSA) is 69.6 Å². The van der Waals surface area contributed by atoms with Crippen LogP contribution in [0.5, 0.6) is 0 Å². The third-order valence-electron chi connectivity index (χ3n) is 4.40. The van der Waals surface area contributed by atoms with Crippen LogP contribution in [0.15, 0.2) is 6.07 Å². The van der Waals surface area contributed by atoms with Gasteiger partial charge in [0.1, 0.15) is 6.61 Å². The molecule has 0 bridgehead atoms. The zero-order valence-electron chi connectivity index (χ0n) is 11.4. The van der Waals surface area contributed by atoms with E-state index in [1.807, 2.05) is 0 Å². The van der Waals surface area contributed by atoms with Crippen molar-refractivity contribution in [1.29, 1.82) is 0 Å². The molecule has 0 radical (unpaired) electrons. The maximum Gasteiger partial charge on any atom is 0.248 e. The number of nitrogens with one attached hydrogen (secondary N) is 1. The summed E-state index contributed by atoms with van der Waals surface area (Å²) in [5.41, 5.74) is 1.41. The zero-order chi connectivity index (χ0) is 15.4. The van der Waals surface area contributed by atoms with Gasteiger partial charge in [0.05, 0.1) is 15.5 Å². The van der Waals surface area contributed by atoms with Crippen LogP contribution in [0.25, 0.3) is 0 Å². The highest BCUT2D eigenvalue weighted by Crippen LogP contribution is 2.48. The highest BCUT2D eigenvalue weighted by Gasteiger charge is 2.52. The Balaban J connectivity index is 2.08. The highest BCUT2D eigenvalue weighted by atomic mass is 35.5. The summed E-state index contributed by atoms with van der Waals surface area (Å²) < 4.78 is 0. The Morgan fingerprint density at radius 2 is 2.24 bits per heavy atom. The number of likely N-dealkylation sites (tertiary alicyclic amines) is 1. The SMILES string of the molecule is Cc1c(Cl)c(Cl)cc2c1NC(=O)[C@@]21CCN(C(=O)CO)C1. The lowest BCUT2D eigenvalue weighted by Crippen LogP contribution is -2.40. The highest BCUT2D eigenvalue weighted by molar-refractivity contribution is 6.43. The van der Waals surface area contributed by atoms with E-state index >= 15 is 0 Å². The molecular formula is C14H14Cl2N2O3. The van der Waals surface area contributed by atoms with Gasteiger partial charge in [0.15, 0.2) is 0 Å². The van der Waals surface area contributed by atoms with E-state index in [-0.39, 0.29) is 18.4 Å². The first-order valence-corrected chi connectivity index (χ1v) is 7.35. The van der Waals surface area contributed by atoms with E-state index in [1.165, 1.54) is 4.90 Å². The molecule has 3 rings (SSSR count). The van der Waals surface area contributed by atoms with Crippen LogP contribution in [0.3, 0.4) is 0 Å². The van der Waals surface area contributed by atoms with Crippen molar-refractivity contribution in [2.45, 2.75) is 18.8 Å². The van der Waals surface area contributed by atoms with E-state index in [9.17, 15) is 9.59 Å². The number of rotatable bonds is 1. The summed E-state index contributed by atoms with van der Waals surface area (Å²) >= 11 is 12.3. The van der Waals surface area contributed by atoms with Gasteiger partial charge in [0, 0.05) is 18.8 Å². The van der Waals surface area contributed by atoms with Crippen molar-refractivity contribution in [3.8, 4) is 0 Å². The maximum absolute atomic E-state index is 12.5. The summed E-state index contributed by atoms with van der Waals surface area (Å²) in [5.74, 6) is -0.517. The van der Waals surface area contributed by atoms with Crippen molar-refractivity contribution in [1.82, 2.24) is 4.90 Å². The van der Waals surface area contributed by atoms with E-state index < -0.39 is 12.0 Å². The molecule has 2 N–H and O–H groups in total. The molecule has 0 unspecified atom stereocenters. The molecule has 5 nitrogen and oxygen atoms in total. The van der Waals surface area contributed by atoms with Crippen LogP contribution in [0, 0.1) is 6.92 Å². The quantitative estimate of drug-likeness (QED) is 0.824. The molecular weight excluding hydrogens is 315 g/mol. The van der Waals surface area contributed by atoms with Gasteiger partial charge in [-0.2, -0.15) is 0 Å². The molecule has 0 aromatic heterocycles. The van der Waals surface area contributed by atoms with Gasteiger partial charge in [-0.3, -0.25) is 9.59 Å². The normalized spacial score (nSPS) is 23.6. The van der Waals surface area contributed by atoms with Gasteiger partial charge in [-0.25, -0.2) is 0 Å². The largest absolute Gasteiger partial charge is 0.387 e. The average molecular weight is 329 g/mol. The Bertz CT molecular complexity index is 662. The Kier molecular flexibility index (Phi) is 3.39. The van der Waals surface area contributed by atoms with Gasteiger partial charge in [-0.15, -0.1) is 0 Å². The standard InChI is InChI=1S/C14H14Cl2N2O3/c1-7-11(16)9(15)4-8-12(7)17-13(21)14(8)2-3-18(6-14)10(20)5-19/h4,19H,2-3,5-6H2,1H3,(H,17,21)/t14-/m1/s1. The monoisotopic (exact) mass is 328 g/mol. The van der Waals surface area contributed by atoms with Crippen molar-refractivity contribution < 1.29 is 14.7 Å². The fourth-order valence-corrected chi connectivity index (χ4v) is 3.57. The van der Waals surface area contributed by atoms with Crippen LogP contribution in [0.2, 0.25) is 10.0 Å². The number of nitrogens with zero attached hydrogens (tertiary/aromatic N) is 1. The zero-order valence-corrected chi connectivity index (χ0v) is 12.9. The molecule has 1 aromatic rings.